The minimum atomic E-state index is -1.01. The van der Waals surface area contributed by atoms with Crippen molar-refractivity contribution in [3.8, 4) is 28.0 Å². The van der Waals surface area contributed by atoms with Crippen LogP contribution in [-0.4, -0.2) is 7.11 Å². The van der Waals surface area contributed by atoms with Gasteiger partial charge in [-0.2, -0.15) is 4.39 Å². The van der Waals surface area contributed by atoms with Crippen LogP contribution in [0.5, 0.6) is 5.75 Å². The lowest BCUT2D eigenvalue weighted by Crippen LogP contribution is -2.23. The van der Waals surface area contributed by atoms with Gasteiger partial charge >= 0.3 is 0 Å². The summed E-state index contributed by atoms with van der Waals surface area (Å²) in [4.78, 5) is 0. The van der Waals surface area contributed by atoms with Crippen molar-refractivity contribution in [2.45, 2.75) is 90.4 Å². The van der Waals surface area contributed by atoms with Crippen molar-refractivity contribution in [1.82, 2.24) is 0 Å². The number of halogens is 3. The highest BCUT2D eigenvalue weighted by atomic mass is 19.2. The van der Waals surface area contributed by atoms with E-state index in [1.165, 1.54) is 95.4 Å². The van der Waals surface area contributed by atoms with Crippen molar-refractivity contribution in [3.05, 3.63) is 83.7 Å². The first-order valence-corrected chi connectivity index (χ1v) is 16.1. The molecule has 0 amide bonds. The molecule has 0 spiro atoms. The zero-order valence-electron chi connectivity index (χ0n) is 25.2. The van der Waals surface area contributed by atoms with Crippen LogP contribution in [0.25, 0.3) is 27.8 Å². The van der Waals surface area contributed by atoms with E-state index in [-0.39, 0.29) is 17.1 Å². The molecule has 0 bridgehead atoms. The minimum Gasteiger partial charge on any atom is -0.494 e. The summed E-state index contributed by atoms with van der Waals surface area (Å²) in [6.07, 6.45) is 19.6. The lowest BCUT2D eigenvalue weighted by molar-refractivity contribution is 0.187. The van der Waals surface area contributed by atoms with E-state index >= 15 is 4.39 Å². The Hall–Kier alpha value is -3.01. The maximum atomic E-state index is 15.3. The molecule has 3 aromatic rings. The summed E-state index contributed by atoms with van der Waals surface area (Å²) in [5.74, 6) is 0.195. The fourth-order valence-electron chi connectivity index (χ4n) is 7.22. The van der Waals surface area contributed by atoms with Gasteiger partial charge in [0.1, 0.15) is 5.82 Å². The lowest BCUT2D eigenvalue weighted by Gasteiger charge is -2.35. The number of hydrogen-bond acceptors (Lipinski definition) is 1. The SMILES string of the molecule is CCCCCCCC1CCC(C2CC=C(c3ccc(-c4ccc(-c5ccc(OC)c(F)c5F)cc4)c(F)c3)CC2)CC1. The van der Waals surface area contributed by atoms with Crippen molar-refractivity contribution >= 4 is 5.57 Å². The van der Waals surface area contributed by atoms with Gasteiger partial charge in [-0.05, 0) is 90.3 Å². The Morgan fingerprint density at radius 2 is 1.36 bits per heavy atom. The highest BCUT2D eigenvalue weighted by Crippen LogP contribution is 2.42. The molecule has 1 saturated carbocycles. The number of benzene rings is 3. The Kier molecular flexibility index (Phi) is 10.5. The van der Waals surface area contributed by atoms with Crippen molar-refractivity contribution in [3.63, 3.8) is 0 Å². The molecule has 2 aliphatic carbocycles. The van der Waals surface area contributed by atoms with Crippen molar-refractivity contribution in [1.29, 1.82) is 0 Å². The average molecular weight is 575 g/mol. The number of allylic oxidation sites excluding steroid dienone is 2. The second-order valence-electron chi connectivity index (χ2n) is 12.5. The summed E-state index contributed by atoms with van der Waals surface area (Å²) in [6.45, 7) is 2.28. The predicted molar refractivity (Wildman–Crippen MR) is 168 cm³/mol. The van der Waals surface area contributed by atoms with Gasteiger partial charge in [0.25, 0.3) is 0 Å². The molecular formula is C38H45F3O. The van der Waals surface area contributed by atoms with Crippen LogP contribution in [0.4, 0.5) is 13.2 Å². The highest BCUT2D eigenvalue weighted by Gasteiger charge is 2.29. The molecular weight excluding hydrogens is 529 g/mol. The summed E-state index contributed by atoms with van der Waals surface area (Å²) in [6, 6.07) is 15.3. The number of hydrogen-bond donors (Lipinski definition) is 0. The zero-order valence-corrected chi connectivity index (χ0v) is 25.2. The predicted octanol–water partition coefficient (Wildman–Crippen LogP) is 11.8. The fourth-order valence-corrected chi connectivity index (χ4v) is 7.22. The molecule has 3 aromatic carbocycles. The van der Waals surface area contributed by atoms with Gasteiger partial charge in [0.15, 0.2) is 11.6 Å². The number of ether oxygens (including phenoxy) is 1. The van der Waals surface area contributed by atoms with Crippen molar-refractivity contribution in [2.24, 2.45) is 17.8 Å². The summed E-state index contributed by atoms with van der Waals surface area (Å²) >= 11 is 0. The third-order valence-corrected chi connectivity index (χ3v) is 9.84. The smallest absolute Gasteiger partial charge is 0.201 e. The lowest BCUT2D eigenvalue weighted by atomic mass is 9.70. The monoisotopic (exact) mass is 574 g/mol. The molecule has 0 N–H and O–H groups in total. The zero-order chi connectivity index (χ0) is 29.5. The van der Waals surface area contributed by atoms with Crippen LogP contribution < -0.4 is 4.74 Å². The molecule has 1 atom stereocenters. The van der Waals surface area contributed by atoms with Crippen LogP contribution in [0.15, 0.2) is 60.7 Å². The van der Waals surface area contributed by atoms with Crippen molar-refractivity contribution in [2.75, 3.05) is 7.11 Å². The maximum Gasteiger partial charge on any atom is 0.201 e. The van der Waals surface area contributed by atoms with Gasteiger partial charge in [-0.3, -0.25) is 0 Å². The van der Waals surface area contributed by atoms with E-state index in [2.05, 4.69) is 13.0 Å². The van der Waals surface area contributed by atoms with E-state index in [1.807, 2.05) is 12.1 Å². The van der Waals surface area contributed by atoms with Crippen LogP contribution in [0.1, 0.15) is 96.0 Å². The molecule has 2 aliphatic rings. The van der Waals surface area contributed by atoms with Gasteiger partial charge in [-0.1, -0.05) is 101 Å². The second kappa shape index (κ2) is 14.4. The number of methoxy groups -OCH3 is 1. The van der Waals surface area contributed by atoms with E-state index in [4.69, 9.17) is 4.74 Å². The molecule has 0 aromatic heterocycles. The minimum absolute atomic E-state index is 0.135. The molecule has 4 heteroatoms. The Morgan fingerprint density at radius 3 is 2.00 bits per heavy atom. The summed E-state index contributed by atoms with van der Waals surface area (Å²) in [7, 11) is 1.30. The first-order chi connectivity index (χ1) is 20.5. The Balaban J connectivity index is 1.16. The maximum absolute atomic E-state index is 15.3. The Labute approximate surface area is 250 Å². The van der Waals surface area contributed by atoms with Gasteiger partial charge in [-0.15, -0.1) is 0 Å². The molecule has 1 nitrogen and oxygen atoms in total. The highest BCUT2D eigenvalue weighted by molar-refractivity contribution is 5.74. The average Bonchev–Trinajstić information content (AvgIpc) is 3.03. The van der Waals surface area contributed by atoms with Gasteiger partial charge in [0, 0.05) is 11.1 Å². The normalized spacial score (nSPS) is 20.8. The Bertz CT molecular complexity index is 1350. The van der Waals surface area contributed by atoms with Gasteiger partial charge < -0.3 is 4.74 Å². The number of rotatable bonds is 11. The molecule has 0 heterocycles. The summed E-state index contributed by atoms with van der Waals surface area (Å²) in [5.41, 5.74) is 4.09. The van der Waals surface area contributed by atoms with Gasteiger partial charge in [0.05, 0.1) is 7.11 Å². The molecule has 5 rings (SSSR count). The summed E-state index contributed by atoms with van der Waals surface area (Å²) in [5, 5.41) is 0. The molecule has 1 fully saturated rings. The van der Waals surface area contributed by atoms with E-state index in [0.717, 1.165) is 36.2 Å². The molecule has 0 radical (unpaired) electrons. The van der Waals surface area contributed by atoms with E-state index in [0.29, 0.717) is 16.7 Å². The van der Waals surface area contributed by atoms with Crippen LogP contribution in [0.3, 0.4) is 0 Å². The topological polar surface area (TPSA) is 9.23 Å². The van der Waals surface area contributed by atoms with Crippen LogP contribution in [0.2, 0.25) is 0 Å². The van der Waals surface area contributed by atoms with E-state index in [1.54, 1.807) is 30.3 Å². The first-order valence-electron chi connectivity index (χ1n) is 16.1. The number of unbranched alkanes of at least 4 members (excludes halogenated alkanes) is 4. The van der Waals surface area contributed by atoms with Gasteiger partial charge in [0.2, 0.25) is 5.82 Å². The van der Waals surface area contributed by atoms with Crippen LogP contribution in [-0.2, 0) is 0 Å². The fraction of sp³-hybridized carbons (Fsp3) is 0.474. The molecule has 1 unspecified atom stereocenters. The third kappa shape index (κ3) is 7.13. The van der Waals surface area contributed by atoms with E-state index in [9.17, 15) is 8.78 Å². The van der Waals surface area contributed by atoms with Gasteiger partial charge in [-0.25, -0.2) is 8.78 Å². The van der Waals surface area contributed by atoms with E-state index < -0.39 is 11.6 Å². The molecule has 42 heavy (non-hydrogen) atoms. The molecule has 0 saturated heterocycles. The van der Waals surface area contributed by atoms with Crippen LogP contribution in [0, 0.1) is 35.2 Å². The molecule has 0 aliphatic heterocycles. The van der Waals surface area contributed by atoms with Crippen LogP contribution >= 0.6 is 0 Å². The summed E-state index contributed by atoms with van der Waals surface area (Å²) < 4.78 is 48.9. The second-order valence-corrected chi connectivity index (χ2v) is 12.5. The standard InChI is InChI=1S/C38H45F3O/c1-3-4-5-6-7-8-26-9-11-27(12-10-26)28-13-15-29(16-14-28)32-21-22-33(35(39)25-32)30-17-19-31(20-18-30)34-23-24-36(42-2)38(41)37(34)40/h15,17-28H,3-14,16H2,1-2H3. The first kappa shape index (κ1) is 30.4. The molecule has 224 valence electrons. The van der Waals surface area contributed by atoms with Crippen molar-refractivity contribution < 1.29 is 17.9 Å². The quantitative estimate of drug-likeness (QED) is 0.207. The largest absolute Gasteiger partial charge is 0.494 e. The third-order valence-electron chi connectivity index (χ3n) is 9.84. The Morgan fingerprint density at radius 1 is 0.690 bits per heavy atom.